The number of para-hydroxylation sites is 1. The van der Waals surface area contributed by atoms with E-state index in [1.807, 2.05) is 32.0 Å². The maximum Gasteiger partial charge on any atom is 0.330 e. The minimum absolute atomic E-state index is 0.0218. The van der Waals surface area contributed by atoms with Crippen molar-refractivity contribution in [2.45, 2.75) is 50.6 Å². The number of thioether (sulfide) groups is 1. The zero-order valence-electron chi connectivity index (χ0n) is 14.6. The molecule has 0 aromatic heterocycles. The lowest BCUT2D eigenvalue weighted by Crippen LogP contribution is -2.48. The van der Waals surface area contributed by atoms with E-state index in [0.29, 0.717) is 17.9 Å². The number of amides is 2. The topological polar surface area (TPSA) is 75.7 Å². The Bertz CT molecular complexity index is 723. The smallest absolute Gasteiger partial charge is 0.330 e. The summed E-state index contributed by atoms with van der Waals surface area (Å²) < 4.78 is 5.35. The number of anilines is 1. The molecular weight excluding hydrogens is 340 g/mol. The van der Waals surface area contributed by atoms with Gasteiger partial charge in [-0.3, -0.25) is 9.59 Å². The first-order valence-corrected chi connectivity index (χ1v) is 9.33. The van der Waals surface area contributed by atoms with Gasteiger partial charge in [-0.1, -0.05) is 18.2 Å². The lowest BCUT2D eigenvalue weighted by atomic mass is 10.2. The van der Waals surface area contributed by atoms with Gasteiger partial charge in [0.2, 0.25) is 5.91 Å². The van der Waals surface area contributed by atoms with Crippen LogP contribution in [0.1, 0.15) is 32.3 Å². The molecule has 3 atom stereocenters. The van der Waals surface area contributed by atoms with Crippen molar-refractivity contribution in [3.63, 3.8) is 0 Å². The highest BCUT2D eigenvalue weighted by atomic mass is 32.2. The van der Waals surface area contributed by atoms with Crippen LogP contribution in [0.4, 0.5) is 5.69 Å². The average molecular weight is 362 g/mol. The van der Waals surface area contributed by atoms with Gasteiger partial charge in [-0.25, -0.2) is 4.79 Å². The van der Waals surface area contributed by atoms with E-state index in [2.05, 4.69) is 5.32 Å². The minimum atomic E-state index is -0.929. The van der Waals surface area contributed by atoms with Gasteiger partial charge >= 0.3 is 5.97 Å². The Labute approximate surface area is 151 Å². The Morgan fingerprint density at radius 3 is 2.84 bits per heavy atom. The third-order valence-electron chi connectivity index (χ3n) is 4.78. The van der Waals surface area contributed by atoms with Crippen molar-refractivity contribution in [1.82, 2.24) is 4.90 Å². The summed E-state index contributed by atoms with van der Waals surface area (Å²) in [6.45, 7) is 5.41. The van der Waals surface area contributed by atoms with Crippen LogP contribution in [0.5, 0.6) is 0 Å². The molecule has 0 saturated carbocycles. The Balaban J connectivity index is 1.62. The van der Waals surface area contributed by atoms with E-state index in [-0.39, 0.29) is 16.7 Å². The Kier molecular flexibility index (Phi) is 4.77. The molecule has 0 radical (unpaired) electrons. The SMILES string of the molecule is Cc1ccccc1NC(=O)[C@H](C)OC(=O)[C@@H]1CS[C@@]2(C)CCC(=O)N12. The minimum Gasteiger partial charge on any atom is -0.451 e. The van der Waals surface area contributed by atoms with E-state index in [0.717, 1.165) is 12.0 Å². The number of fused-ring (bicyclic) bond motifs is 1. The molecule has 2 fully saturated rings. The van der Waals surface area contributed by atoms with Crippen molar-refractivity contribution >= 4 is 35.2 Å². The second-order valence-electron chi connectivity index (χ2n) is 6.65. The van der Waals surface area contributed by atoms with Crippen LogP contribution in [-0.2, 0) is 19.1 Å². The van der Waals surface area contributed by atoms with Crippen molar-refractivity contribution in [2.24, 2.45) is 0 Å². The predicted molar refractivity (Wildman–Crippen MR) is 96.1 cm³/mol. The van der Waals surface area contributed by atoms with E-state index < -0.39 is 18.1 Å². The van der Waals surface area contributed by atoms with Crippen LogP contribution >= 0.6 is 11.8 Å². The first kappa shape index (κ1) is 17.8. The van der Waals surface area contributed by atoms with Crippen LogP contribution in [0.15, 0.2) is 24.3 Å². The molecule has 3 rings (SSSR count). The molecule has 1 aromatic carbocycles. The number of rotatable bonds is 4. The van der Waals surface area contributed by atoms with Crippen LogP contribution in [0.25, 0.3) is 0 Å². The number of carbonyl (C=O) groups excluding carboxylic acids is 3. The van der Waals surface area contributed by atoms with E-state index >= 15 is 0 Å². The van der Waals surface area contributed by atoms with Crippen molar-refractivity contribution in [1.29, 1.82) is 0 Å². The fraction of sp³-hybridized carbons (Fsp3) is 0.500. The molecule has 2 aliphatic heterocycles. The fourth-order valence-electron chi connectivity index (χ4n) is 3.25. The van der Waals surface area contributed by atoms with Crippen molar-refractivity contribution < 1.29 is 19.1 Å². The van der Waals surface area contributed by atoms with E-state index in [1.54, 1.807) is 29.7 Å². The highest BCUT2D eigenvalue weighted by molar-refractivity contribution is 8.01. The van der Waals surface area contributed by atoms with Gasteiger partial charge < -0.3 is 15.0 Å². The first-order chi connectivity index (χ1) is 11.8. The van der Waals surface area contributed by atoms with E-state index in [1.165, 1.54) is 0 Å². The zero-order chi connectivity index (χ0) is 18.2. The number of nitrogens with zero attached hydrogens (tertiary/aromatic N) is 1. The molecule has 1 aromatic rings. The molecular formula is C18H22N2O4S. The normalized spacial score (nSPS) is 26.3. The van der Waals surface area contributed by atoms with Gasteiger partial charge in [0.05, 0.1) is 4.87 Å². The van der Waals surface area contributed by atoms with Gasteiger partial charge in [-0.05, 0) is 38.8 Å². The van der Waals surface area contributed by atoms with Gasteiger partial charge in [-0.2, -0.15) is 0 Å². The van der Waals surface area contributed by atoms with Gasteiger partial charge in [-0.15, -0.1) is 11.8 Å². The Morgan fingerprint density at radius 2 is 2.12 bits per heavy atom. The summed E-state index contributed by atoms with van der Waals surface area (Å²) in [7, 11) is 0. The van der Waals surface area contributed by atoms with Gasteiger partial charge in [0.15, 0.2) is 6.10 Å². The maximum absolute atomic E-state index is 12.5. The number of benzene rings is 1. The molecule has 25 heavy (non-hydrogen) atoms. The van der Waals surface area contributed by atoms with Gasteiger partial charge in [0.1, 0.15) is 6.04 Å². The molecule has 0 aliphatic carbocycles. The summed E-state index contributed by atoms with van der Waals surface area (Å²) in [5.74, 6) is -0.415. The van der Waals surface area contributed by atoms with Crippen molar-refractivity contribution in [3.8, 4) is 0 Å². The molecule has 1 N–H and O–H groups in total. The lowest BCUT2D eigenvalue weighted by Gasteiger charge is -2.29. The Morgan fingerprint density at radius 1 is 1.40 bits per heavy atom. The predicted octanol–water partition coefficient (Wildman–Crippen LogP) is 2.32. The number of hydrogen-bond donors (Lipinski definition) is 1. The fourth-order valence-corrected chi connectivity index (χ4v) is 4.67. The lowest BCUT2D eigenvalue weighted by molar-refractivity contribution is -0.160. The highest BCUT2D eigenvalue weighted by Crippen LogP contribution is 2.47. The van der Waals surface area contributed by atoms with Gasteiger partial charge in [0.25, 0.3) is 5.91 Å². The zero-order valence-corrected chi connectivity index (χ0v) is 15.4. The molecule has 0 spiro atoms. The van der Waals surface area contributed by atoms with Crippen LogP contribution in [0.3, 0.4) is 0 Å². The quantitative estimate of drug-likeness (QED) is 0.832. The Hall–Kier alpha value is -2.02. The van der Waals surface area contributed by atoms with Gasteiger partial charge in [0, 0.05) is 17.9 Å². The highest BCUT2D eigenvalue weighted by Gasteiger charge is 2.53. The summed E-state index contributed by atoms with van der Waals surface area (Å²) in [5, 5.41) is 2.77. The molecule has 134 valence electrons. The largest absolute Gasteiger partial charge is 0.451 e. The molecule has 2 amide bonds. The average Bonchev–Trinajstić information content (AvgIpc) is 3.06. The van der Waals surface area contributed by atoms with Crippen LogP contribution in [0, 0.1) is 6.92 Å². The van der Waals surface area contributed by atoms with Crippen LogP contribution in [-0.4, -0.2) is 45.5 Å². The summed E-state index contributed by atoms with van der Waals surface area (Å²) in [6.07, 6.45) is 0.266. The molecule has 0 unspecified atom stereocenters. The third-order valence-corrected chi connectivity index (χ3v) is 6.29. The monoisotopic (exact) mass is 362 g/mol. The summed E-state index contributed by atoms with van der Waals surface area (Å²) >= 11 is 1.60. The van der Waals surface area contributed by atoms with E-state index in [4.69, 9.17) is 4.74 Å². The maximum atomic E-state index is 12.5. The van der Waals surface area contributed by atoms with E-state index in [9.17, 15) is 14.4 Å². The number of aryl methyl sites for hydroxylation is 1. The molecule has 2 saturated heterocycles. The second-order valence-corrected chi connectivity index (χ2v) is 8.15. The first-order valence-electron chi connectivity index (χ1n) is 8.35. The molecule has 2 aliphatic rings. The summed E-state index contributed by atoms with van der Waals surface area (Å²) in [4.78, 5) is 38.2. The number of carbonyl (C=O) groups is 3. The molecule has 6 nitrogen and oxygen atoms in total. The summed E-state index contributed by atoms with van der Waals surface area (Å²) in [6, 6.07) is 6.79. The standard InChI is InChI=1S/C18H22N2O4S/c1-11-6-4-5-7-13(11)19-16(22)12(2)24-17(23)14-10-25-18(3)9-8-15(21)20(14)18/h4-7,12,14H,8-10H2,1-3H3,(H,19,22)/t12-,14-,18-/m0/s1. The van der Waals surface area contributed by atoms with Crippen LogP contribution < -0.4 is 5.32 Å². The van der Waals surface area contributed by atoms with Crippen LogP contribution in [0.2, 0.25) is 0 Å². The number of esters is 1. The van der Waals surface area contributed by atoms with Crippen molar-refractivity contribution in [2.75, 3.05) is 11.1 Å². The third kappa shape index (κ3) is 3.38. The number of hydrogen-bond acceptors (Lipinski definition) is 5. The second kappa shape index (κ2) is 6.71. The molecule has 2 heterocycles. The number of ether oxygens (including phenoxy) is 1. The molecule has 7 heteroatoms. The summed E-state index contributed by atoms with van der Waals surface area (Å²) in [5.41, 5.74) is 1.62. The molecule has 0 bridgehead atoms. The van der Waals surface area contributed by atoms with Crippen molar-refractivity contribution in [3.05, 3.63) is 29.8 Å². The number of nitrogens with one attached hydrogen (secondary N) is 1.